The van der Waals surface area contributed by atoms with E-state index in [2.05, 4.69) is 50.4 Å². The van der Waals surface area contributed by atoms with Crippen LogP contribution in [0.1, 0.15) is 20.8 Å². The molecule has 0 unspecified atom stereocenters. The van der Waals surface area contributed by atoms with E-state index in [-0.39, 0.29) is 17.7 Å². The van der Waals surface area contributed by atoms with Crippen LogP contribution in [0, 0.1) is 0 Å². The van der Waals surface area contributed by atoms with Crippen molar-refractivity contribution in [1.82, 2.24) is 10.2 Å². The lowest BCUT2D eigenvalue weighted by Crippen LogP contribution is -2.68. The van der Waals surface area contributed by atoms with E-state index >= 15 is 0 Å². The van der Waals surface area contributed by atoms with Gasteiger partial charge in [0.2, 0.25) is 0 Å². The molecule has 32 heavy (non-hydrogen) atoms. The van der Waals surface area contributed by atoms with Crippen LogP contribution in [0.25, 0.3) is 0 Å². The molecular weight excluding hydrogens is 440 g/mol. The van der Waals surface area contributed by atoms with Gasteiger partial charge in [-0.2, -0.15) is 0 Å². The topological polar surface area (TPSA) is 71.0 Å². The third-order valence-corrected chi connectivity index (χ3v) is 11.2. The minimum atomic E-state index is -2.80. The Morgan fingerprint density at radius 2 is 1.62 bits per heavy atom. The van der Waals surface area contributed by atoms with E-state index in [1.165, 1.54) is 7.11 Å². The third kappa shape index (κ3) is 5.04. The van der Waals surface area contributed by atoms with Gasteiger partial charge in [0, 0.05) is 13.1 Å². The predicted octanol–water partition coefficient (Wildman–Crippen LogP) is 1.66. The van der Waals surface area contributed by atoms with E-state index < -0.39 is 20.3 Å². The number of ether oxygens (including phenoxy) is 1. The Hall–Kier alpha value is -2.26. The highest BCUT2D eigenvalue weighted by molar-refractivity contribution is 7.80. The van der Waals surface area contributed by atoms with Crippen LogP contribution >= 0.6 is 12.2 Å². The molecule has 1 atom stereocenters. The summed E-state index contributed by atoms with van der Waals surface area (Å²) < 4.78 is 11.9. The number of hydrogen-bond acceptors (Lipinski definition) is 5. The number of nitrogens with one attached hydrogen (secondary N) is 1. The van der Waals surface area contributed by atoms with Crippen molar-refractivity contribution in [3.63, 3.8) is 0 Å². The van der Waals surface area contributed by atoms with Crippen LogP contribution in [0.5, 0.6) is 0 Å². The summed E-state index contributed by atoms with van der Waals surface area (Å²) >= 11 is 5.44. The smallest absolute Gasteiger partial charge is 0.330 e. The summed E-state index contributed by atoms with van der Waals surface area (Å²) in [6.07, 6.45) is -0.389. The molecule has 0 radical (unpaired) electrons. The number of likely N-dealkylation sites (tertiary alicyclic amines) is 1. The summed E-state index contributed by atoms with van der Waals surface area (Å²) in [6, 6.07) is 19.8. The molecule has 1 heterocycles. The summed E-state index contributed by atoms with van der Waals surface area (Å²) in [4.78, 5) is 14.4. The molecule has 8 heteroatoms. The molecule has 1 aliphatic rings. The SMILES string of the molecule is COC(=O)[C@H](CO[Si](c1ccccc1)(c1ccccc1)C(C)(C)C)NC(=S)N1CC(O)C1. The summed E-state index contributed by atoms with van der Waals surface area (Å²) in [6.45, 7) is 7.57. The molecule has 6 nitrogen and oxygen atoms in total. The molecular formula is C24H32N2O4SSi. The van der Waals surface area contributed by atoms with E-state index in [1.54, 1.807) is 0 Å². The molecule has 0 bridgehead atoms. The highest BCUT2D eigenvalue weighted by atomic mass is 32.1. The van der Waals surface area contributed by atoms with Crippen molar-refractivity contribution >= 4 is 42.0 Å². The maximum atomic E-state index is 12.6. The van der Waals surface area contributed by atoms with Crippen LogP contribution in [0.15, 0.2) is 60.7 Å². The maximum absolute atomic E-state index is 12.6. The average molecular weight is 473 g/mol. The standard InChI is InChI=1S/C24H32N2O4SSi/c1-24(2,3)32(19-11-7-5-8-12-19,20-13-9-6-10-14-20)30-17-21(22(28)29-4)25-23(31)26-15-18(27)16-26/h5-14,18,21,27H,15-17H2,1-4H3,(H,25,31)/t21-/m0/s1. The van der Waals surface area contributed by atoms with Gasteiger partial charge in [0.15, 0.2) is 5.11 Å². The molecule has 1 aliphatic heterocycles. The molecule has 0 amide bonds. The fourth-order valence-corrected chi connectivity index (χ4v) is 9.01. The van der Waals surface area contributed by atoms with Gasteiger partial charge in [-0.1, -0.05) is 81.4 Å². The Bertz CT molecular complexity index is 875. The van der Waals surface area contributed by atoms with E-state index in [0.717, 1.165) is 10.4 Å². The number of carbonyl (C=O) groups is 1. The van der Waals surface area contributed by atoms with Crippen molar-refractivity contribution in [2.24, 2.45) is 0 Å². The Morgan fingerprint density at radius 3 is 2.03 bits per heavy atom. The summed E-state index contributed by atoms with van der Waals surface area (Å²) in [5.74, 6) is -0.439. The fraction of sp³-hybridized carbons (Fsp3) is 0.417. The molecule has 2 aromatic carbocycles. The monoisotopic (exact) mass is 472 g/mol. The predicted molar refractivity (Wildman–Crippen MR) is 133 cm³/mol. The normalized spacial score (nSPS) is 15.6. The molecule has 1 fully saturated rings. The summed E-state index contributed by atoms with van der Waals surface area (Å²) in [7, 11) is -1.44. The second-order valence-corrected chi connectivity index (χ2v) is 13.8. The first kappa shape index (κ1) is 24.4. The van der Waals surface area contributed by atoms with Gasteiger partial charge in [0.25, 0.3) is 8.32 Å². The Kier molecular flexibility index (Phi) is 7.71. The highest BCUT2D eigenvalue weighted by Crippen LogP contribution is 2.36. The minimum Gasteiger partial charge on any atom is -0.467 e. The lowest BCUT2D eigenvalue weighted by molar-refractivity contribution is -0.143. The van der Waals surface area contributed by atoms with Gasteiger partial charge < -0.3 is 24.5 Å². The first-order chi connectivity index (χ1) is 15.2. The van der Waals surface area contributed by atoms with Gasteiger partial charge in [0.05, 0.1) is 19.8 Å². The van der Waals surface area contributed by atoms with Crippen molar-refractivity contribution in [2.75, 3.05) is 26.8 Å². The van der Waals surface area contributed by atoms with Crippen LogP contribution in [0.4, 0.5) is 0 Å². The average Bonchev–Trinajstić information content (AvgIpc) is 2.76. The molecule has 0 spiro atoms. The third-order valence-electron chi connectivity index (χ3n) is 5.82. The zero-order chi connectivity index (χ0) is 23.4. The maximum Gasteiger partial charge on any atom is 0.330 e. The molecule has 2 N–H and O–H groups in total. The van der Waals surface area contributed by atoms with Crippen LogP contribution in [-0.4, -0.2) is 68.4 Å². The highest BCUT2D eigenvalue weighted by Gasteiger charge is 2.50. The molecule has 3 rings (SSSR count). The Morgan fingerprint density at radius 1 is 1.12 bits per heavy atom. The van der Waals surface area contributed by atoms with Gasteiger partial charge in [-0.15, -0.1) is 0 Å². The molecule has 0 saturated carbocycles. The van der Waals surface area contributed by atoms with Crippen LogP contribution in [0.3, 0.4) is 0 Å². The Labute approximate surface area is 196 Å². The number of benzene rings is 2. The number of aliphatic hydroxyl groups excluding tert-OH is 1. The number of methoxy groups -OCH3 is 1. The number of hydrogen-bond donors (Lipinski definition) is 2. The summed E-state index contributed by atoms with van der Waals surface area (Å²) in [5, 5.41) is 15.1. The second kappa shape index (κ2) is 10.1. The second-order valence-electron chi connectivity index (χ2n) is 9.06. The van der Waals surface area contributed by atoms with Crippen molar-refractivity contribution < 1.29 is 19.1 Å². The van der Waals surface area contributed by atoms with Gasteiger partial charge in [-0.05, 0) is 27.6 Å². The fourth-order valence-electron chi connectivity index (χ4n) is 4.14. The lowest BCUT2D eigenvalue weighted by Gasteiger charge is -2.44. The number of β-amino-alcohol motifs (C(OH)–C–C–N with tert-alkyl or cyclic N) is 1. The van der Waals surface area contributed by atoms with Crippen molar-refractivity contribution in [1.29, 1.82) is 0 Å². The number of nitrogens with zero attached hydrogens (tertiary/aromatic N) is 1. The van der Waals surface area contributed by atoms with Crippen LogP contribution < -0.4 is 15.7 Å². The van der Waals surface area contributed by atoms with Crippen molar-refractivity contribution in [2.45, 2.75) is 38.0 Å². The number of carbonyl (C=O) groups excluding carboxylic acids is 1. The van der Waals surface area contributed by atoms with Gasteiger partial charge in [-0.25, -0.2) is 4.79 Å². The van der Waals surface area contributed by atoms with Gasteiger partial charge in [0.1, 0.15) is 6.04 Å². The van der Waals surface area contributed by atoms with E-state index in [4.69, 9.17) is 21.4 Å². The largest absolute Gasteiger partial charge is 0.467 e. The van der Waals surface area contributed by atoms with Crippen molar-refractivity contribution in [3.05, 3.63) is 60.7 Å². The number of thiocarbonyl (C=S) groups is 1. The zero-order valence-electron chi connectivity index (χ0n) is 19.1. The molecule has 172 valence electrons. The van der Waals surface area contributed by atoms with E-state index in [9.17, 15) is 9.90 Å². The summed E-state index contributed by atoms with van der Waals surface area (Å²) in [5.41, 5.74) is 0. The molecule has 1 saturated heterocycles. The zero-order valence-corrected chi connectivity index (χ0v) is 20.9. The van der Waals surface area contributed by atoms with Gasteiger partial charge >= 0.3 is 5.97 Å². The number of aliphatic hydroxyl groups is 1. The lowest BCUT2D eigenvalue weighted by atomic mass is 10.2. The first-order valence-corrected chi connectivity index (χ1v) is 13.1. The molecule has 0 aliphatic carbocycles. The number of rotatable bonds is 7. The first-order valence-electron chi connectivity index (χ1n) is 10.8. The van der Waals surface area contributed by atoms with Crippen LogP contribution in [0.2, 0.25) is 5.04 Å². The molecule has 2 aromatic rings. The van der Waals surface area contributed by atoms with Crippen molar-refractivity contribution in [3.8, 4) is 0 Å². The van der Waals surface area contributed by atoms with E-state index in [1.807, 2.05) is 41.3 Å². The Balaban J connectivity index is 1.94. The van der Waals surface area contributed by atoms with Crippen LogP contribution in [-0.2, 0) is 14.0 Å². The van der Waals surface area contributed by atoms with Gasteiger partial charge in [-0.3, -0.25) is 0 Å². The minimum absolute atomic E-state index is 0.108. The number of esters is 1. The quantitative estimate of drug-likeness (QED) is 0.361. The molecule has 0 aromatic heterocycles. The van der Waals surface area contributed by atoms with E-state index in [0.29, 0.717) is 18.2 Å².